The Hall–Kier alpha value is -0.180. The third kappa shape index (κ3) is 5.21. The lowest BCUT2D eigenvalue weighted by Crippen LogP contribution is -2.42. The molecule has 0 atom stereocenters. The molecule has 0 spiro atoms. The van der Waals surface area contributed by atoms with E-state index in [1.165, 1.54) is 4.31 Å². The molecule has 0 aromatic carbocycles. The first kappa shape index (κ1) is 15.9. The zero-order valence-corrected chi connectivity index (χ0v) is 12.3. The molecule has 107 valence electrons. The van der Waals surface area contributed by atoms with Gasteiger partial charge in [0.1, 0.15) is 0 Å². The molecule has 1 heterocycles. The van der Waals surface area contributed by atoms with Gasteiger partial charge in [0.05, 0.1) is 12.0 Å². The molecule has 1 saturated heterocycles. The Morgan fingerprint density at radius 2 is 1.78 bits per heavy atom. The minimum Gasteiger partial charge on any atom is -0.215 e. The summed E-state index contributed by atoms with van der Waals surface area (Å²) in [6, 6.07) is 0. The van der Waals surface area contributed by atoms with Crippen LogP contribution in [0.2, 0.25) is 0 Å². The largest absolute Gasteiger partial charge is 0.215 e. The van der Waals surface area contributed by atoms with Crippen LogP contribution in [0.3, 0.4) is 0 Å². The van der Waals surface area contributed by atoms with Gasteiger partial charge in [-0.25, -0.2) is 25.9 Å². The molecule has 0 saturated carbocycles. The van der Waals surface area contributed by atoms with E-state index in [0.29, 0.717) is 38.9 Å². The summed E-state index contributed by atoms with van der Waals surface area (Å²) in [6.07, 6.45) is 2.89. The Morgan fingerprint density at radius 1 is 1.22 bits per heavy atom. The molecule has 0 bridgehead atoms. The monoisotopic (exact) mass is 297 g/mol. The standard InChI is InChI=1S/C10H21N2O4S2/c1-3-8-18(15,16)12-6-4-10(5-7-12)9-11-17(2,13)14/h10-11H,1,3-9H2,2H3. The lowest BCUT2D eigenvalue weighted by Gasteiger charge is -2.31. The Morgan fingerprint density at radius 3 is 2.22 bits per heavy atom. The first-order valence-corrected chi connectivity index (χ1v) is 9.46. The molecule has 1 aliphatic heterocycles. The zero-order valence-electron chi connectivity index (χ0n) is 10.6. The number of nitrogens with zero attached hydrogens (tertiary/aromatic N) is 1. The molecule has 0 aromatic heterocycles. The van der Waals surface area contributed by atoms with Gasteiger partial charge in [-0.2, -0.15) is 0 Å². The number of piperidine rings is 1. The van der Waals surface area contributed by atoms with Gasteiger partial charge in [0.2, 0.25) is 20.0 Å². The van der Waals surface area contributed by atoms with Crippen molar-refractivity contribution in [3.05, 3.63) is 6.92 Å². The van der Waals surface area contributed by atoms with Crippen molar-refractivity contribution in [3.63, 3.8) is 0 Å². The van der Waals surface area contributed by atoms with Crippen LogP contribution in [0.1, 0.15) is 19.3 Å². The van der Waals surface area contributed by atoms with Crippen molar-refractivity contribution in [1.29, 1.82) is 0 Å². The molecule has 0 aliphatic carbocycles. The first-order chi connectivity index (χ1) is 8.24. The van der Waals surface area contributed by atoms with Gasteiger partial charge in [0, 0.05) is 19.6 Å². The Bertz CT molecular complexity index is 450. The minimum atomic E-state index is -3.17. The van der Waals surface area contributed by atoms with E-state index in [1.54, 1.807) is 0 Å². The van der Waals surface area contributed by atoms with Gasteiger partial charge in [-0.05, 0) is 25.2 Å². The fourth-order valence-electron chi connectivity index (χ4n) is 1.97. The topological polar surface area (TPSA) is 83.6 Å². The van der Waals surface area contributed by atoms with Crippen molar-refractivity contribution in [2.24, 2.45) is 5.92 Å². The molecule has 1 N–H and O–H groups in total. The summed E-state index contributed by atoms with van der Waals surface area (Å²) in [5.41, 5.74) is 0. The Balaban J connectivity index is 2.42. The maximum absolute atomic E-state index is 11.8. The van der Waals surface area contributed by atoms with E-state index in [4.69, 9.17) is 0 Å². The highest BCUT2D eigenvalue weighted by Gasteiger charge is 2.27. The normalized spacial score (nSPS) is 20.1. The molecule has 18 heavy (non-hydrogen) atoms. The highest BCUT2D eigenvalue weighted by molar-refractivity contribution is 7.89. The summed E-state index contributed by atoms with van der Waals surface area (Å²) >= 11 is 0. The molecule has 1 fully saturated rings. The van der Waals surface area contributed by atoms with Gasteiger partial charge in [-0.15, -0.1) is 0 Å². The average Bonchev–Trinajstić information content (AvgIpc) is 2.26. The van der Waals surface area contributed by atoms with Crippen LogP contribution in [-0.4, -0.2) is 52.8 Å². The summed E-state index contributed by atoms with van der Waals surface area (Å²) < 4.78 is 49.4. The van der Waals surface area contributed by atoms with Crippen molar-refractivity contribution >= 4 is 20.0 Å². The van der Waals surface area contributed by atoms with Crippen molar-refractivity contribution < 1.29 is 16.8 Å². The van der Waals surface area contributed by atoms with Crippen LogP contribution in [0.5, 0.6) is 0 Å². The van der Waals surface area contributed by atoms with Crippen LogP contribution in [-0.2, 0) is 20.0 Å². The maximum Gasteiger partial charge on any atom is 0.214 e. The molecular formula is C10H21N2O4S2. The van der Waals surface area contributed by atoms with E-state index in [-0.39, 0.29) is 11.7 Å². The highest BCUT2D eigenvalue weighted by atomic mass is 32.2. The van der Waals surface area contributed by atoms with Crippen LogP contribution in [0.4, 0.5) is 0 Å². The van der Waals surface area contributed by atoms with Crippen molar-refractivity contribution in [1.82, 2.24) is 9.03 Å². The Labute approximate surface area is 110 Å². The molecular weight excluding hydrogens is 276 g/mol. The second-order valence-electron chi connectivity index (χ2n) is 4.63. The zero-order chi connectivity index (χ0) is 13.8. The molecule has 1 rings (SSSR count). The van der Waals surface area contributed by atoms with Gasteiger partial charge >= 0.3 is 0 Å². The fourth-order valence-corrected chi connectivity index (χ4v) is 3.90. The minimum absolute atomic E-state index is 0.0826. The van der Waals surface area contributed by atoms with Crippen molar-refractivity contribution in [2.45, 2.75) is 19.3 Å². The van der Waals surface area contributed by atoms with E-state index < -0.39 is 20.0 Å². The van der Waals surface area contributed by atoms with Gasteiger partial charge in [-0.1, -0.05) is 6.92 Å². The van der Waals surface area contributed by atoms with Crippen LogP contribution >= 0.6 is 0 Å². The smallest absolute Gasteiger partial charge is 0.214 e. The molecule has 8 heteroatoms. The SMILES string of the molecule is [CH2]CCS(=O)(=O)N1CCC(CNS(C)(=O)=O)CC1. The van der Waals surface area contributed by atoms with Gasteiger partial charge in [0.15, 0.2) is 0 Å². The van der Waals surface area contributed by atoms with Crippen molar-refractivity contribution in [2.75, 3.05) is 31.6 Å². The number of hydrogen-bond acceptors (Lipinski definition) is 4. The summed E-state index contributed by atoms with van der Waals surface area (Å²) in [7, 11) is -6.33. The molecule has 0 aromatic rings. The van der Waals surface area contributed by atoms with Crippen LogP contribution in [0, 0.1) is 12.8 Å². The molecule has 1 radical (unpaired) electrons. The van der Waals surface area contributed by atoms with E-state index in [9.17, 15) is 16.8 Å². The second-order valence-corrected chi connectivity index (χ2v) is 8.55. The summed E-state index contributed by atoms with van der Waals surface area (Å²) in [6.45, 7) is 4.89. The number of sulfonamides is 2. The molecule has 0 amide bonds. The van der Waals surface area contributed by atoms with E-state index >= 15 is 0 Å². The van der Waals surface area contributed by atoms with Crippen LogP contribution in [0.15, 0.2) is 0 Å². The summed E-state index contributed by atoms with van der Waals surface area (Å²) in [4.78, 5) is 0. The lowest BCUT2D eigenvalue weighted by molar-refractivity contribution is 0.274. The molecule has 0 unspecified atom stereocenters. The Kier molecular flexibility index (Phi) is 5.57. The van der Waals surface area contributed by atoms with Crippen LogP contribution < -0.4 is 4.72 Å². The highest BCUT2D eigenvalue weighted by Crippen LogP contribution is 2.19. The summed E-state index contributed by atoms with van der Waals surface area (Å²) in [5.74, 6) is 0.296. The number of hydrogen-bond donors (Lipinski definition) is 1. The van der Waals surface area contributed by atoms with Crippen LogP contribution in [0.25, 0.3) is 0 Å². The van der Waals surface area contributed by atoms with Gasteiger partial charge < -0.3 is 0 Å². The fraction of sp³-hybridized carbons (Fsp3) is 0.900. The quantitative estimate of drug-likeness (QED) is 0.736. The van der Waals surface area contributed by atoms with E-state index in [2.05, 4.69) is 11.6 Å². The predicted molar refractivity (Wildman–Crippen MR) is 70.9 cm³/mol. The third-order valence-electron chi connectivity index (χ3n) is 3.00. The number of nitrogens with one attached hydrogen (secondary N) is 1. The second kappa shape index (κ2) is 6.31. The molecule has 1 aliphatic rings. The average molecular weight is 297 g/mol. The van der Waals surface area contributed by atoms with E-state index in [1.807, 2.05) is 0 Å². The third-order valence-corrected chi connectivity index (χ3v) is 5.65. The first-order valence-electron chi connectivity index (χ1n) is 5.96. The van der Waals surface area contributed by atoms with Gasteiger partial charge in [-0.3, -0.25) is 0 Å². The predicted octanol–water partition coefficient (Wildman–Crippen LogP) is -0.198. The maximum atomic E-state index is 11.8. The summed E-state index contributed by atoms with van der Waals surface area (Å²) in [5, 5.41) is 0. The molecule has 6 nitrogen and oxygen atoms in total. The van der Waals surface area contributed by atoms with Crippen molar-refractivity contribution in [3.8, 4) is 0 Å². The van der Waals surface area contributed by atoms with E-state index in [0.717, 1.165) is 6.26 Å². The van der Waals surface area contributed by atoms with Gasteiger partial charge in [0.25, 0.3) is 0 Å². The number of rotatable bonds is 6. The lowest BCUT2D eigenvalue weighted by atomic mass is 9.99.